The van der Waals surface area contributed by atoms with Gasteiger partial charge in [0.05, 0.1) is 5.52 Å². The zero-order valence-electron chi connectivity index (χ0n) is 13.5. The molecule has 0 spiro atoms. The summed E-state index contributed by atoms with van der Waals surface area (Å²) in [6.45, 7) is 5.95. The zero-order chi connectivity index (χ0) is 16.9. The molecule has 0 bridgehead atoms. The van der Waals surface area contributed by atoms with Gasteiger partial charge in [-0.05, 0) is 31.2 Å². The second-order valence-electron chi connectivity index (χ2n) is 5.50. The van der Waals surface area contributed by atoms with Crippen molar-refractivity contribution in [1.29, 1.82) is 5.26 Å². The molecule has 1 fully saturated rings. The SMILES string of the molecule is CCN=C(NC#N)N1CCN(c2ccnc3cc(Cl)ccc23)CC1. The smallest absolute Gasteiger partial charge is 0.207 e. The summed E-state index contributed by atoms with van der Waals surface area (Å²) in [4.78, 5) is 13.2. The van der Waals surface area contributed by atoms with Crippen LogP contribution < -0.4 is 10.2 Å². The molecular weight excluding hydrogens is 324 g/mol. The number of nitrogens with one attached hydrogen (secondary N) is 1. The normalized spacial score (nSPS) is 15.5. The maximum absolute atomic E-state index is 8.87. The van der Waals surface area contributed by atoms with Crippen LogP contribution in [0.3, 0.4) is 0 Å². The van der Waals surface area contributed by atoms with Gasteiger partial charge in [0, 0.05) is 55.0 Å². The number of rotatable bonds is 2. The van der Waals surface area contributed by atoms with Gasteiger partial charge in [-0.25, -0.2) is 0 Å². The molecule has 3 rings (SSSR count). The Balaban J connectivity index is 1.78. The van der Waals surface area contributed by atoms with Crippen LogP contribution in [-0.2, 0) is 0 Å². The zero-order valence-corrected chi connectivity index (χ0v) is 14.3. The van der Waals surface area contributed by atoms with Crippen molar-refractivity contribution < 1.29 is 0 Å². The van der Waals surface area contributed by atoms with Gasteiger partial charge in [0.2, 0.25) is 5.96 Å². The molecule has 1 saturated heterocycles. The highest BCUT2D eigenvalue weighted by Gasteiger charge is 2.21. The Kier molecular flexibility index (Phi) is 5.02. The quantitative estimate of drug-likeness (QED) is 0.393. The van der Waals surface area contributed by atoms with Crippen LogP contribution in [0.15, 0.2) is 35.5 Å². The Hall–Kier alpha value is -2.52. The molecule has 1 aliphatic heterocycles. The third kappa shape index (κ3) is 3.36. The molecule has 1 aromatic heterocycles. The summed E-state index contributed by atoms with van der Waals surface area (Å²) in [5.74, 6) is 0.658. The highest BCUT2D eigenvalue weighted by molar-refractivity contribution is 6.31. The highest BCUT2D eigenvalue weighted by atomic mass is 35.5. The fourth-order valence-electron chi connectivity index (χ4n) is 2.96. The van der Waals surface area contributed by atoms with E-state index in [1.165, 1.54) is 5.69 Å². The molecule has 0 aliphatic carbocycles. The minimum Gasteiger partial charge on any atom is -0.367 e. The van der Waals surface area contributed by atoms with Crippen LogP contribution in [0, 0.1) is 11.5 Å². The van der Waals surface area contributed by atoms with E-state index in [0.29, 0.717) is 17.5 Å². The fraction of sp³-hybridized carbons (Fsp3) is 0.353. The van der Waals surface area contributed by atoms with Crippen molar-refractivity contribution in [2.45, 2.75) is 6.92 Å². The fourth-order valence-corrected chi connectivity index (χ4v) is 3.13. The molecule has 0 atom stereocenters. The first-order chi connectivity index (χ1) is 11.7. The van der Waals surface area contributed by atoms with Gasteiger partial charge in [-0.2, -0.15) is 5.26 Å². The van der Waals surface area contributed by atoms with Crippen LogP contribution in [-0.4, -0.2) is 48.6 Å². The number of benzene rings is 1. The Bertz CT molecular complexity index is 789. The maximum atomic E-state index is 8.87. The second-order valence-corrected chi connectivity index (χ2v) is 5.94. The predicted octanol–water partition coefficient (Wildman–Crippen LogP) is 2.46. The largest absolute Gasteiger partial charge is 0.367 e. The van der Waals surface area contributed by atoms with E-state index >= 15 is 0 Å². The van der Waals surface area contributed by atoms with E-state index < -0.39 is 0 Å². The molecule has 2 aromatic rings. The second kappa shape index (κ2) is 7.37. The van der Waals surface area contributed by atoms with Crippen molar-refractivity contribution in [3.05, 3.63) is 35.5 Å². The van der Waals surface area contributed by atoms with Crippen LogP contribution >= 0.6 is 11.6 Å². The lowest BCUT2D eigenvalue weighted by atomic mass is 10.1. The first-order valence-electron chi connectivity index (χ1n) is 7.96. The van der Waals surface area contributed by atoms with E-state index in [1.54, 1.807) is 0 Å². The summed E-state index contributed by atoms with van der Waals surface area (Å²) in [5, 5.41) is 13.3. The van der Waals surface area contributed by atoms with Crippen molar-refractivity contribution in [3.8, 4) is 6.19 Å². The number of aromatic nitrogens is 1. The summed E-state index contributed by atoms with van der Waals surface area (Å²) in [6.07, 6.45) is 3.79. The number of anilines is 1. The topological polar surface area (TPSA) is 67.6 Å². The third-order valence-electron chi connectivity index (χ3n) is 4.08. The maximum Gasteiger partial charge on any atom is 0.207 e. The van der Waals surface area contributed by atoms with Gasteiger partial charge in [0.1, 0.15) is 0 Å². The van der Waals surface area contributed by atoms with Crippen LogP contribution in [0.25, 0.3) is 10.9 Å². The Morgan fingerprint density at radius 2 is 2.12 bits per heavy atom. The van der Waals surface area contributed by atoms with Crippen molar-refractivity contribution in [3.63, 3.8) is 0 Å². The molecule has 24 heavy (non-hydrogen) atoms. The molecule has 7 heteroatoms. The molecule has 124 valence electrons. The van der Waals surface area contributed by atoms with E-state index in [0.717, 1.165) is 37.1 Å². The first kappa shape index (κ1) is 16.3. The van der Waals surface area contributed by atoms with Gasteiger partial charge >= 0.3 is 0 Å². The number of fused-ring (bicyclic) bond motifs is 1. The summed E-state index contributed by atoms with van der Waals surface area (Å²) in [6, 6.07) is 7.85. The summed E-state index contributed by atoms with van der Waals surface area (Å²) in [5.41, 5.74) is 2.07. The Labute approximate surface area is 146 Å². The number of guanidine groups is 1. The number of nitriles is 1. The number of hydrogen-bond acceptors (Lipinski definition) is 4. The molecule has 0 unspecified atom stereocenters. The summed E-state index contributed by atoms with van der Waals surface area (Å²) in [7, 11) is 0. The summed E-state index contributed by atoms with van der Waals surface area (Å²) >= 11 is 6.06. The average molecular weight is 343 g/mol. The molecule has 1 N–H and O–H groups in total. The standard InChI is InChI=1S/C17H19ClN6/c1-2-20-17(22-12-19)24-9-7-23(8-10-24)16-5-6-21-15-11-13(18)3-4-14(15)16/h3-6,11H,2,7-10H2,1H3,(H,20,22). The summed E-state index contributed by atoms with van der Waals surface area (Å²) < 4.78 is 0. The van der Waals surface area contributed by atoms with Gasteiger partial charge in [-0.1, -0.05) is 11.6 Å². The monoisotopic (exact) mass is 342 g/mol. The van der Waals surface area contributed by atoms with Gasteiger partial charge in [-0.3, -0.25) is 15.3 Å². The molecule has 2 heterocycles. The lowest BCUT2D eigenvalue weighted by Crippen LogP contribution is -2.52. The number of aliphatic imine (C=N–C) groups is 1. The van der Waals surface area contributed by atoms with Crippen LogP contribution in [0.5, 0.6) is 0 Å². The van der Waals surface area contributed by atoms with Crippen LogP contribution in [0.1, 0.15) is 6.92 Å². The van der Waals surface area contributed by atoms with Crippen molar-refractivity contribution in [2.75, 3.05) is 37.6 Å². The molecular formula is C17H19ClN6. The number of pyridine rings is 1. The van der Waals surface area contributed by atoms with Crippen LogP contribution in [0.2, 0.25) is 5.02 Å². The van der Waals surface area contributed by atoms with Crippen molar-refractivity contribution in [2.24, 2.45) is 4.99 Å². The first-order valence-corrected chi connectivity index (χ1v) is 8.34. The molecule has 0 amide bonds. The minimum atomic E-state index is 0.653. The van der Waals surface area contributed by atoms with Gasteiger partial charge in [0.25, 0.3) is 0 Å². The molecule has 1 aromatic carbocycles. The molecule has 1 aliphatic rings. The highest BCUT2D eigenvalue weighted by Crippen LogP contribution is 2.28. The lowest BCUT2D eigenvalue weighted by Gasteiger charge is -2.37. The van der Waals surface area contributed by atoms with Gasteiger partial charge in [0.15, 0.2) is 6.19 Å². The van der Waals surface area contributed by atoms with Crippen LogP contribution in [0.4, 0.5) is 5.69 Å². The number of piperazine rings is 1. The van der Waals surface area contributed by atoms with Crippen molar-refractivity contribution >= 4 is 34.2 Å². The minimum absolute atomic E-state index is 0.653. The number of nitrogens with zero attached hydrogens (tertiary/aromatic N) is 5. The number of hydrogen-bond donors (Lipinski definition) is 1. The van der Waals surface area contributed by atoms with E-state index in [1.807, 2.05) is 43.6 Å². The Morgan fingerprint density at radius 1 is 1.33 bits per heavy atom. The molecule has 0 saturated carbocycles. The molecule has 0 radical (unpaired) electrons. The molecule has 6 nitrogen and oxygen atoms in total. The van der Waals surface area contributed by atoms with Gasteiger partial charge < -0.3 is 9.80 Å². The van der Waals surface area contributed by atoms with E-state index in [-0.39, 0.29) is 0 Å². The van der Waals surface area contributed by atoms with Gasteiger partial charge in [-0.15, -0.1) is 0 Å². The van der Waals surface area contributed by atoms with Crippen molar-refractivity contribution in [1.82, 2.24) is 15.2 Å². The third-order valence-corrected chi connectivity index (χ3v) is 4.31. The Morgan fingerprint density at radius 3 is 2.83 bits per heavy atom. The lowest BCUT2D eigenvalue weighted by molar-refractivity contribution is 0.377. The van der Waals surface area contributed by atoms with E-state index in [2.05, 4.69) is 25.1 Å². The van der Waals surface area contributed by atoms with E-state index in [4.69, 9.17) is 16.9 Å². The average Bonchev–Trinajstić information content (AvgIpc) is 2.61. The van der Waals surface area contributed by atoms with E-state index in [9.17, 15) is 0 Å². The number of halogens is 1. The predicted molar refractivity (Wildman–Crippen MR) is 97.3 cm³/mol.